The first-order valence-electron chi connectivity index (χ1n) is 12.1. The van der Waals surface area contributed by atoms with Gasteiger partial charge in [0.1, 0.15) is 0 Å². The minimum atomic E-state index is 0.138. The number of ether oxygens (including phenoxy) is 1. The monoisotopic (exact) mass is 418 g/mol. The van der Waals surface area contributed by atoms with Gasteiger partial charge in [-0.15, -0.1) is 0 Å². The molecule has 0 saturated carbocycles. The highest BCUT2D eigenvalue weighted by Gasteiger charge is 2.21. The Morgan fingerprint density at radius 1 is 0.862 bits per heavy atom. The Kier molecular flexibility index (Phi) is 28.8. The molecule has 0 aromatic heterocycles. The number of nitrogens with one attached hydrogen (secondary N) is 1. The molecule has 0 bridgehead atoms. The highest BCUT2D eigenvalue weighted by Crippen LogP contribution is 2.14. The van der Waals surface area contributed by atoms with Crippen LogP contribution >= 0.6 is 0 Å². The second kappa shape index (κ2) is 25.3. The Balaban J connectivity index is -0.000000365. The van der Waals surface area contributed by atoms with Crippen molar-refractivity contribution in [3.63, 3.8) is 0 Å². The van der Waals surface area contributed by atoms with Crippen LogP contribution in [0.15, 0.2) is 0 Å². The second-order valence-corrected chi connectivity index (χ2v) is 6.33. The smallest absolute Gasteiger partial charge is 0.234 e. The van der Waals surface area contributed by atoms with Gasteiger partial charge in [-0.3, -0.25) is 14.6 Å². The maximum absolute atomic E-state index is 10.5. The first-order chi connectivity index (χ1) is 14.1. The molecule has 0 aromatic carbocycles. The van der Waals surface area contributed by atoms with Crippen LogP contribution in [0.4, 0.5) is 0 Å². The van der Waals surface area contributed by atoms with E-state index >= 15 is 0 Å². The number of carbonyl (C=O) groups is 1. The van der Waals surface area contributed by atoms with Crippen molar-refractivity contribution in [1.29, 1.82) is 0 Å². The molecule has 3 fully saturated rings. The lowest BCUT2D eigenvalue weighted by molar-refractivity contribution is -0.123. The molecular weight excluding hydrogens is 364 g/mol. The van der Waals surface area contributed by atoms with Gasteiger partial charge in [0.25, 0.3) is 0 Å². The summed E-state index contributed by atoms with van der Waals surface area (Å²) in [4.78, 5) is 17.5. The lowest BCUT2D eigenvalue weighted by Crippen LogP contribution is -2.46. The van der Waals surface area contributed by atoms with Crippen molar-refractivity contribution >= 4 is 5.91 Å². The molecule has 0 spiro atoms. The Labute approximate surface area is 183 Å². The van der Waals surface area contributed by atoms with Crippen LogP contribution in [0.1, 0.15) is 68.2 Å². The minimum absolute atomic E-state index is 0.138. The summed E-state index contributed by atoms with van der Waals surface area (Å²) < 4.78 is 5.63. The predicted molar refractivity (Wildman–Crippen MR) is 129 cm³/mol. The third kappa shape index (κ3) is 19.0. The van der Waals surface area contributed by atoms with E-state index in [2.05, 4.69) is 22.2 Å². The average molecular weight is 419 g/mol. The van der Waals surface area contributed by atoms with E-state index < -0.39 is 0 Å². The molecule has 1 unspecified atom stereocenters. The lowest BCUT2D eigenvalue weighted by atomic mass is 10.2. The van der Waals surface area contributed by atoms with Gasteiger partial charge in [-0.2, -0.15) is 0 Å². The zero-order chi connectivity index (χ0) is 23.1. The zero-order valence-corrected chi connectivity index (χ0v) is 21.5. The summed E-state index contributed by atoms with van der Waals surface area (Å²) in [6.45, 7) is 25.3. The van der Waals surface area contributed by atoms with Gasteiger partial charge in [0, 0.05) is 52.4 Å². The first-order valence-corrected chi connectivity index (χ1v) is 12.1. The highest BCUT2D eigenvalue weighted by molar-refractivity contribution is 5.78. The van der Waals surface area contributed by atoms with Crippen molar-refractivity contribution in [2.45, 2.75) is 74.3 Å². The second-order valence-electron chi connectivity index (χ2n) is 6.33. The van der Waals surface area contributed by atoms with Gasteiger partial charge in [-0.25, -0.2) is 0 Å². The summed E-state index contributed by atoms with van der Waals surface area (Å²) >= 11 is 0. The van der Waals surface area contributed by atoms with Crippen molar-refractivity contribution in [2.75, 3.05) is 73.1 Å². The van der Waals surface area contributed by atoms with E-state index in [0.717, 1.165) is 26.2 Å². The summed E-state index contributed by atoms with van der Waals surface area (Å²) in [7, 11) is 4.14. The van der Waals surface area contributed by atoms with Gasteiger partial charge < -0.3 is 15.0 Å². The van der Waals surface area contributed by atoms with Gasteiger partial charge in [0.05, 0.1) is 12.6 Å². The number of carbonyl (C=O) groups excluding carboxylic acids is 1. The molecule has 0 aromatic rings. The van der Waals surface area contributed by atoms with Crippen LogP contribution in [0.25, 0.3) is 0 Å². The number of amides is 1. The molecule has 3 saturated heterocycles. The van der Waals surface area contributed by atoms with Crippen LogP contribution in [0.3, 0.4) is 0 Å². The maximum Gasteiger partial charge on any atom is 0.234 e. The van der Waals surface area contributed by atoms with Crippen LogP contribution < -0.4 is 5.32 Å². The van der Waals surface area contributed by atoms with E-state index in [1.165, 1.54) is 39.0 Å². The van der Waals surface area contributed by atoms with Crippen molar-refractivity contribution in [3.8, 4) is 0 Å². The van der Waals surface area contributed by atoms with E-state index in [9.17, 15) is 4.79 Å². The molecule has 1 atom stereocenters. The van der Waals surface area contributed by atoms with Crippen LogP contribution in [0.2, 0.25) is 0 Å². The molecule has 178 valence electrons. The fourth-order valence-corrected chi connectivity index (χ4v) is 2.87. The predicted octanol–water partition coefficient (Wildman–Crippen LogP) is 3.57. The van der Waals surface area contributed by atoms with Crippen molar-refractivity contribution in [1.82, 2.24) is 20.0 Å². The third-order valence-corrected chi connectivity index (χ3v) is 4.31. The normalized spacial score (nSPS) is 21.7. The van der Waals surface area contributed by atoms with Gasteiger partial charge in [-0.1, -0.05) is 55.4 Å². The van der Waals surface area contributed by atoms with E-state index in [-0.39, 0.29) is 5.91 Å². The summed E-state index contributed by atoms with van der Waals surface area (Å²) in [5, 5.41) is 2.73. The Bertz CT molecular complexity index is 316. The fourth-order valence-electron chi connectivity index (χ4n) is 2.87. The van der Waals surface area contributed by atoms with Crippen molar-refractivity contribution in [3.05, 3.63) is 0 Å². The van der Waals surface area contributed by atoms with Crippen LogP contribution in [-0.2, 0) is 9.53 Å². The molecule has 0 radical (unpaired) electrons. The molecule has 3 rings (SSSR count). The Hall–Kier alpha value is -0.690. The number of likely N-dealkylation sites (N-methyl/N-ethyl adjacent to an activating group) is 2. The average Bonchev–Trinajstić information content (AvgIpc) is 3.29. The number of piperazine rings is 2. The maximum atomic E-state index is 10.5. The topological polar surface area (TPSA) is 48.1 Å². The zero-order valence-electron chi connectivity index (χ0n) is 21.5. The highest BCUT2D eigenvalue weighted by atomic mass is 16.5. The molecule has 1 amide bonds. The van der Waals surface area contributed by atoms with E-state index in [0.29, 0.717) is 12.6 Å². The van der Waals surface area contributed by atoms with Crippen LogP contribution in [-0.4, -0.2) is 99.8 Å². The van der Waals surface area contributed by atoms with Crippen molar-refractivity contribution in [2.24, 2.45) is 0 Å². The van der Waals surface area contributed by atoms with Crippen LogP contribution in [0, 0.1) is 0 Å². The third-order valence-electron chi connectivity index (χ3n) is 4.31. The van der Waals surface area contributed by atoms with Gasteiger partial charge in [0.15, 0.2) is 0 Å². The SMILES string of the molecule is CC.CC.CC.CC.CN1CCN(CC2CCCO2)CC1.CN1CCNC(=O)C1. The quantitative estimate of drug-likeness (QED) is 0.743. The molecule has 6 nitrogen and oxygen atoms in total. The molecule has 3 aliphatic heterocycles. The van der Waals surface area contributed by atoms with Gasteiger partial charge >= 0.3 is 0 Å². The molecule has 29 heavy (non-hydrogen) atoms. The largest absolute Gasteiger partial charge is 0.377 e. The molecule has 6 heteroatoms. The molecular formula is C23H54N4O2. The fraction of sp³-hybridized carbons (Fsp3) is 0.957. The van der Waals surface area contributed by atoms with E-state index in [1.807, 2.05) is 67.3 Å². The molecule has 1 N–H and O–H groups in total. The van der Waals surface area contributed by atoms with Gasteiger partial charge in [0.2, 0.25) is 5.91 Å². The summed E-state index contributed by atoms with van der Waals surface area (Å²) in [6.07, 6.45) is 3.06. The van der Waals surface area contributed by atoms with Crippen LogP contribution in [0.5, 0.6) is 0 Å². The number of hydrogen-bond acceptors (Lipinski definition) is 5. The molecule has 0 aliphatic carbocycles. The van der Waals surface area contributed by atoms with E-state index in [1.54, 1.807) is 0 Å². The van der Waals surface area contributed by atoms with Gasteiger partial charge in [-0.05, 0) is 26.9 Å². The first kappa shape index (κ1) is 33.0. The lowest BCUT2D eigenvalue weighted by Gasteiger charge is -2.33. The summed E-state index contributed by atoms with van der Waals surface area (Å²) in [5.74, 6) is 0.138. The standard InChI is InChI=1S/C10H20N2O.C5H10N2O.4C2H6/c1-11-4-6-12(7-5-11)9-10-3-2-8-13-10;1-7-3-2-6-5(8)4-7;4*1-2/h10H,2-9H2,1H3;2-4H2,1H3,(H,6,8);4*1-2H3. The number of rotatable bonds is 2. The van der Waals surface area contributed by atoms with Crippen molar-refractivity contribution < 1.29 is 9.53 Å². The molecule has 3 aliphatic rings. The molecule has 3 heterocycles. The Morgan fingerprint density at radius 3 is 1.79 bits per heavy atom. The summed E-state index contributed by atoms with van der Waals surface area (Å²) in [6, 6.07) is 0. The minimum Gasteiger partial charge on any atom is -0.377 e. The van der Waals surface area contributed by atoms with E-state index in [4.69, 9.17) is 4.74 Å². The number of hydrogen-bond donors (Lipinski definition) is 1. The summed E-state index contributed by atoms with van der Waals surface area (Å²) in [5.41, 5.74) is 0. The Morgan fingerprint density at radius 2 is 1.41 bits per heavy atom. The number of nitrogens with zero attached hydrogens (tertiary/aromatic N) is 3.